The minimum absolute atomic E-state index is 0.00174. The molecule has 67 heavy (non-hydrogen) atoms. The van der Waals surface area contributed by atoms with Gasteiger partial charge >= 0.3 is 0 Å². The number of hydrogen-bond donors (Lipinski definition) is 7. The van der Waals surface area contributed by atoms with Gasteiger partial charge in [-0.15, -0.1) is 0 Å². The van der Waals surface area contributed by atoms with Crippen molar-refractivity contribution in [2.45, 2.75) is 71.6 Å². The molecule has 5 amide bonds. The maximum Gasteiger partial charge on any atom is 0.255 e. The summed E-state index contributed by atoms with van der Waals surface area (Å²) < 4.78 is 12.2. The highest BCUT2D eigenvalue weighted by Crippen LogP contribution is 2.40. The molecule has 0 radical (unpaired) electrons. The van der Waals surface area contributed by atoms with Crippen molar-refractivity contribution in [1.29, 1.82) is 5.26 Å². The summed E-state index contributed by atoms with van der Waals surface area (Å²) in [6.07, 6.45) is 1.38. The minimum atomic E-state index is -1.41. The molecule has 2 heterocycles. The largest absolute Gasteiger partial charge is 0.492 e. The summed E-state index contributed by atoms with van der Waals surface area (Å²) in [6, 6.07) is 14.4. The van der Waals surface area contributed by atoms with E-state index in [-0.39, 0.29) is 63.2 Å². The summed E-state index contributed by atoms with van der Waals surface area (Å²) in [5.74, 6) is 4.12. The molecule has 1 aliphatic rings. The number of fused-ring (bicyclic) bond motifs is 5. The van der Waals surface area contributed by atoms with Crippen molar-refractivity contribution in [2.75, 3.05) is 46.4 Å². The Bertz CT molecular complexity index is 2560. The fourth-order valence-corrected chi connectivity index (χ4v) is 7.16. The van der Waals surface area contributed by atoms with Gasteiger partial charge in [-0.1, -0.05) is 24.0 Å². The molecule has 0 saturated heterocycles. The van der Waals surface area contributed by atoms with Crippen LogP contribution in [0.1, 0.15) is 72.9 Å². The maximum atomic E-state index is 14.7. The first kappa shape index (κ1) is 50.6. The molecular weight excluding hydrogens is 855 g/mol. The van der Waals surface area contributed by atoms with Gasteiger partial charge in [0, 0.05) is 60.4 Å². The monoisotopic (exact) mass is 913 g/mol. The lowest BCUT2D eigenvalue weighted by atomic mass is 9.93. The number of hydrogen-bond acceptors (Lipinski definition) is 13. The normalized spacial score (nSPS) is 16.3. The zero-order valence-electron chi connectivity index (χ0n) is 38.7. The molecule has 0 fully saturated rings. The molecule has 1 aliphatic heterocycles. The van der Waals surface area contributed by atoms with Crippen molar-refractivity contribution in [1.82, 2.24) is 36.1 Å². The van der Waals surface area contributed by atoms with E-state index < -0.39 is 53.7 Å². The molecule has 0 unspecified atom stereocenters. The fraction of sp³-hybridized carbons (Fsp3) is 0.388. The molecular formula is C49H59N11O7. The van der Waals surface area contributed by atoms with Crippen molar-refractivity contribution in [3.8, 4) is 51.9 Å². The SMILES string of the molecule is Cc1nc(-c2ccc(C#CC(C)(C)C)cc2)ncc1C(=O)N[C@@H](CCN)C(=O)N(C)[C@@H]1C(=O)N[C@@H](C)C(=O)N[C@H](C(=O)NCC#N)Cc2ccc(OCCN)c(c2)-c2cc1ccc2OCCN. The highest BCUT2D eigenvalue weighted by Gasteiger charge is 2.36. The first-order chi connectivity index (χ1) is 32.0. The minimum Gasteiger partial charge on any atom is -0.492 e. The van der Waals surface area contributed by atoms with E-state index in [0.29, 0.717) is 45.3 Å². The van der Waals surface area contributed by atoms with E-state index in [1.807, 2.05) is 51.1 Å². The van der Waals surface area contributed by atoms with Crippen LogP contribution in [0.25, 0.3) is 22.5 Å². The smallest absolute Gasteiger partial charge is 0.255 e. The molecule has 0 aliphatic carbocycles. The first-order valence-electron chi connectivity index (χ1n) is 21.9. The second-order valence-corrected chi connectivity index (χ2v) is 17.0. The quantitative estimate of drug-likeness (QED) is 0.0665. The van der Waals surface area contributed by atoms with Crippen LogP contribution in [0.3, 0.4) is 0 Å². The van der Waals surface area contributed by atoms with Crippen LogP contribution >= 0.6 is 0 Å². The maximum absolute atomic E-state index is 14.7. The van der Waals surface area contributed by atoms with Crippen LogP contribution in [0.4, 0.5) is 0 Å². The van der Waals surface area contributed by atoms with Crippen molar-refractivity contribution >= 4 is 29.5 Å². The summed E-state index contributed by atoms with van der Waals surface area (Å²) in [6.45, 7) is 9.54. The van der Waals surface area contributed by atoms with Gasteiger partial charge in [0.15, 0.2) is 5.82 Å². The topological polar surface area (TPSA) is 283 Å². The summed E-state index contributed by atoms with van der Waals surface area (Å²) in [5, 5.41) is 19.9. The average molecular weight is 914 g/mol. The average Bonchev–Trinajstić information content (AvgIpc) is 3.30. The molecule has 1 aromatic heterocycles. The molecule has 4 atom stereocenters. The van der Waals surface area contributed by atoms with E-state index in [4.69, 9.17) is 31.9 Å². The zero-order valence-corrected chi connectivity index (χ0v) is 38.7. The summed E-state index contributed by atoms with van der Waals surface area (Å²) >= 11 is 0. The second-order valence-electron chi connectivity index (χ2n) is 17.0. The third-order valence-corrected chi connectivity index (χ3v) is 10.6. The van der Waals surface area contributed by atoms with E-state index >= 15 is 0 Å². The fourth-order valence-electron chi connectivity index (χ4n) is 7.16. The second kappa shape index (κ2) is 23.2. The van der Waals surface area contributed by atoms with Gasteiger partial charge in [-0.05, 0) is 107 Å². The van der Waals surface area contributed by atoms with Gasteiger partial charge < -0.3 is 52.8 Å². The third kappa shape index (κ3) is 13.4. The third-order valence-electron chi connectivity index (χ3n) is 10.6. The van der Waals surface area contributed by atoms with E-state index in [9.17, 15) is 24.0 Å². The van der Waals surface area contributed by atoms with E-state index in [1.165, 1.54) is 25.1 Å². The summed E-state index contributed by atoms with van der Waals surface area (Å²) in [7, 11) is 1.41. The number of amides is 5. The van der Waals surface area contributed by atoms with Crippen molar-refractivity contribution in [2.24, 2.45) is 22.6 Å². The van der Waals surface area contributed by atoms with Gasteiger partial charge in [0.2, 0.25) is 23.6 Å². The number of benzene rings is 3. The number of nitrogens with two attached hydrogens (primary N) is 3. The van der Waals surface area contributed by atoms with E-state index in [1.54, 1.807) is 43.3 Å². The van der Waals surface area contributed by atoms with E-state index in [0.717, 1.165) is 11.1 Å². The Morgan fingerprint density at radius 1 is 0.925 bits per heavy atom. The number of aromatic nitrogens is 2. The van der Waals surface area contributed by atoms with Crippen LogP contribution in [-0.2, 0) is 25.6 Å². The Labute approximate surface area is 390 Å². The number of ether oxygens (including phenoxy) is 2. The van der Waals surface area contributed by atoms with Crippen LogP contribution < -0.4 is 47.9 Å². The van der Waals surface area contributed by atoms with Crippen LogP contribution in [0.15, 0.2) is 66.9 Å². The molecule has 5 rings (SSSR count). The predicted molar refractivity (Wildman–Crippen MR) is 252 cm³/mol. The van der Waals surface area contributed by atoms with Gasteiger partial charge in [-0.3, -0.25) is 24.0 Å². The molecule has 10 N–H and O–H groups in total. The van der Waals surface area contributed by atoms with E-state index in [2.05, 4.69) is 43.1 Å². The Balaban J connectivity index is 1.53. The summed E-state index contributed by atoms with van der Waals surface area (Å²) in [4.78, 5) is 80.4. The van der Waals surface area contributed by atoms with Gasteiger partial charge in [0.1, 0.15) is 55.4 Å². The van der Waals surface area contributed by atoms with Crippen LogP contribution in [0.2, 0.25) is 0 Å². The van der Waals surface area contributed by atoms with Crippen LogP contribution in [0, 0.1) is 35.5 Å². The number of nitrogens with zero attached hydrogens (tertiary/aromatic N) is 4. The van der Waals surface area contributed by atoms with Crippen molar-refractivity contribution in [3.05, 3.63) is 94.8 Å². The number of nitrogens with one attached hydrogen (secondary N) is 4. The molecule has 0 spiro atoms. The Morgan fingerprint density at radius 3 is 2.19 bits per heavy atom. The molecule has 4 bridgehead atoms. The number of nitriles is 1. The van der Waals surface area contributed by atoms with Crippen molar-refractivity contribution in [3.63, 3.8) is 0 Å². The zero-order chi connectivity index (χ0) is 48.8. The number of likely N-dealkylation sites (N-methyl/N-ethyl adjacent to an activating group) is 1. The number of rotatable bonds is 15. The molecule has 18 heteroatoms. The molecule has 18 nitrogen and oxygen atoms in total. The van der Waals surface area contributed by atoms with Crippen LogP contribution in [0.5, 0.6) is 11.5 Å². The molecule has 352 valence electrons. The van der Waals surface area contributed by atoms with Gasteiger partial charge in [0.25, 0.3) is 5.91 Å². The molecule has 0 saturated carbocycles. The Hall–Kier alpha value is -7.38. The van der Waals surface area contributed by atoms with Gasteiger partial charge in [0.05, 0.1) is 17.3 Å². The molecule has 4 aromatic rings. The van der Waals surface area contributed by atoms with Crippen LogP contribution in [-0.4, -0.2) is 109 Å². The number of aryl methyl sites for hydroxylation is 1. The number of carbonyl (C=O) groups is 5. The number of carbonyl (C=O) groups excluding carboxylic acids is 5. The predicted octanol–water partition coefficient (Wildman–Crippen LogP) is 2.02. The van der Waals surface area contributed by atoms with Gasteiger partial charge in [-0.2, -0.15) is 5.26 Å². The standard InChI is InChI=1S/C49H59N11O7/c1-29-37(28-55-43(56-29)33-10-7-31(8-11-33)15-17-49(3,4)5)45(62)58-38(16-18-50)48(65)60(6)42-34-12-14-41(67-24-21-53)36(27-34)35-25-32(9-13-40(35)66-23-20-52)26-39(46(63)54-22-19-51)59-44(61)30(2)57-47(42)64/h7-14,25,27-28,30,38-39,42H,16,18,20-24,26,50,52-53H2,1-6H3,(H,54,63)(H,57,64)(H,58,62)(H,59,61)/t30-,38-,39-,42-/m0/s1. The lowest BCUT2D eigenvalue weighted by Gasteiger charge is -2.32. The lowest BCUT2D eigenvalue weighted by Crippen LogP contribution is -2.56. The van der Waals surface area contributed by atoms with Crippen molar-refractivity contribution < 1.29 is 33.4 Å². The lowest BCUT2D eigenvalue weighted by molar-refractivity contribution is -0.141. The highest BCUT2D eigenvalue weighted by molar-refractivity contribution is 6.00. The van der Waals surface area contributed by atoms with Gasteiger partial charge in [-0.25, -0.2) is 9.97 Å². The first-order valence-corrected chi connectivity index (χ1v) is 21.9. The highest BCUT2D eigenvalue weighted by atomic mass is 16.5. The molecule has 3 aromatic carbocycles. The Morgan fingerprint density at radius 2 is 1.58 bits per heavy atom. The Kier molecular flexibility index (Phi) is 17.5. The summed E-state index contributed by atoms with van der Waals surface area (Å²) in [5.41, 5.74) is 21.4.